The van der Waals surface area contributed by atoms with Crippen molar-refractivity contribution in [2.24, 2.45) is 0 Å². The Kier molecular flexibility index (Phi) is 7.50. The molecule has 1 aliphatic rings. The van der Waals surface area contributed by atoms with Crippen LogP contribution >= 0.6 is 0 Å². The van der Waals surface area contributed by atoms with E-state index in [1.165, 1.54) is 0 Å². The van der Waals surface area contributed by atoms with Crippen LogP contribution < -0.4 is 0 Å². The van der Waals surface area contributed by atoms with Crippen LogP contribution in [-0.4, -0.2) is 45.5 Å². The molecule has 154 valence electrons. The monoisotopic (exact) mass is 389 g/mol. The van der Waals surface area contributed by atoms with Crippen LogP contribution in [0, 0.1) is 11.8 Å². The largest absolute Gasteiger partial charge is 0.461 e. The molecule has 1 aromatic rings. The van der Waals surface area contributed by atoms with E-state index in [1.54, 1.807) is 16.5 Å². The van der Waals surface area contributed by atoms with E-state index >= 15 is 0 Å². The van der Waals surface area contributed by atoms with Crippen LogP contribution in [0.4, 0.5) is 4.79 Å². The molecule has 7 heteroatoms. The number of aromatic nitrogens is 2. The van der Waals surface area contributed by atoms with E-state index in [4.69, 9.17) is 9.47 Å². The number of esters is 1. The third-order valence-corrected chi connectivity index (χ3v) is 4.20. The molecule has 0 saturated heterocycles. The molecule has 0 spiro atoms. The first kappa shape index (κ1) is 21.8. The summed E-state index contributed by atoms with van der Waals surface area (Å²) in [6, 6.07) is 0. The maximum Gasteiger partial charge on any atom is 0.410 e. The molecule has 1 amide bonds. The number of nitrogens with zero attached hydrogens (tertiary/aromatic N) is 3. The van der Waals surface area contributed by atoms with Gasteiger partial charge in [-0.05, 0) is 34.1 Å². The highest BCUT2D eigenvalue weighted by Gasteiger charge is 2.32. The maximum absolute atomic E-state index is 12.6. The molecule has 2 rings (SSSR count). The van der Waals surface area contributed by atoms with Gasteiger partial charge in [0.2, 0.25) is 0 Å². The van der Waals surface area contributed by atoms with E-state index in [-0.39, 0.29) is 12.7 Å². The Balaban J connectivity index is 2.22. The highest BCUT2D eigenvalue weighted by molar-refractivity contribution is 5.90. The Morgan fingerprint density at radius 3 is 2.61 bits per heavy atom. The summed E-state index contributed by atoms with van der Waals surface area (Å²) < 4.78 is 12.4. The van der Waals surface area contributed by atoms with Gasteiger partial charge in [0.1, 0.15) is 5.60 Å². The molecule has 7 nitrogen and oxygen atoms in total. The third kappa shape index (κ3) is 5.75. The summed E-state index contributed by atoms with van der Waals surface area (Å²) in [4.78, 5) is 26.7. The van der Waals surface area contributed by atoms with Crippen molar-refractivity contribution in [3.05, 3.63) is 17.0 Å². The second-order valence-electron chi connectivity index (χ2n) is 7.68. The summed E-state index contributed by atoms with van der Waals surface area (Å²) in [5, 5.41) is 4.63. The van der Waals surface area contributed by atoms with Gasteiger partial charge in [-0.2, -0.15) is 5.10 Å². The van der Waals surface area contributed by atoms with Crippen molar-refractivity contribution in [1.82, 2.24) is 14.7 Å². The lowest BCUT2D eigenvalue weighted by Crippen LogP contribution is -2.40. The van der Waals surface area contributed by atoms with Crippen LogP contribution in [0.2, 0.25) is 0 Å². The zero-order chi connectivity index (χ0) is 20.7. The molecule has 0 aromatic carbocycles. The Labute approximate surface area is 167 Å². The number of rotatable bonds is 5. The lowest BCUT2D eigenvalue weighted by Gasteiger charge is -2.29. The first-order valence-corrected chi connectivity index (χ1v) is 9.96. The van der Waals surface area contributed by atoms with E-state index in [0.717, 1.165) is 30.5 Å². The number of fused-ring (bicyclic) bond motifs is 1. The average Bonchev–Trinajstić information content (AvgIpc) is 2.97. The smallest absolute Gasteiger partial charge is 0.410 e. The average molecular weight is 389 g/mol. The van der Waals surface area contributed by atoms with Gasteiger partial charge in [-0.1, -0.05) is 6.92 Å². The van der Waals surface area contributed by atoms with Crippen LogP contribution in [-0.2, 0) is 29.0 Å². The zero-order valence-electron chi connectivity index (χ0n) is 17.6. The molecule has 2 heterocycles. The number of amides is 1. The molecule has 0 fully saturated rings. The predicted molar refractivity (Wildman–Crippen MR) is 106 cm³/mol. The Morgan fingerprint density at radius 1 is 1.21 bits per heavy atom. The topological polar surface area (TPSA) is 73.7 Å². The Bertz CT molecular complexity index is 765. The number of aryl methyl sites for hydroxylation is 1. The highest BCUT2D eigenvalue weighted by atomic mass is 16.6. The van der Waals surface area contributed by atoms with E-state index in [1.807, 2.05) is 27.7 Å². The molecule has 28 heavy (non-hydrogen) atoms. The summed E-state index contributed by atoms with van der Waals surface area (Å²) in [6.07, 6.45) is 2.60. The van der Waals surface area contributed by atoms with Gasteiger partial charge in [-0.25, -0.2) is 9.59 Å². The van der Waals surface area contributed by atoms with Crippen molar-refractivity contribution in [2.45, 2.75) is 79.0 Å². The van der Waals surface area contributed by atoms with E-state index < -0.39 is 11.6 Å². The number of hydrogen-bond acceptors (Lipinski definition) is 5. The molecule has 1 aromatic heterocycles. The van der Waals surface area contributed by atoms with Gasteiger partial charge in [-0.3, -0.25) is 4.68 Å². The van der Waals surface area contributed by atoms with Crippen molar-refractivity contribution >= 4 is 12.1 Å². The van der Waals surface area contributed by atoms with Crippen molar-refractivity contribution in [3.63, 3.8) is 0 Å². The number of carbonyl (C=O) groups excluding carboxylic acids is 2. The minimum atomic E-state index is -0.564. The Hall–Kier alpha value is -2.49. The van der Waals surface area contributed by atoms with Gasteiger partial charge in [-0.15, -0.1) is 11.8 Å². The van der Waals surface area contributed by atoms with Gasteiger partial charge < -0.3 is 14.4 Å². The quantitative estimate of drug-likeness (QED) is 0.437. The molecule has 0 radical (unpaired) electrons. The highest BCUT2D eigenvalue weighted by Crippen LogP contribution is 2.25. The van der Waals surface area contributed by atoms with Crippen LogP contribution in [0.3, 0.4) is 0 Å². The molecule has 0 saturated carbocycles. The molecule has 1 aliphatic heterocycles. The van der Waals surface area contributed by atoms with Crippen molar-refractivity contribution in [2.75, 3.05) is 13.2 Å². The van der Waals surface area contributed by atoms with E-state index in [2.05, 4.69) is 16.9 Å². The molecule has 0 N–H and O–H groups in total. The fourth-order valence-corrected chi connectivity index (χ4v) is 3.03. The van der Waals surface area contributed by atoms with Crippen LogP contribution in [0.25, 0.3) is 0 Å². The van der Waals surface area contributed by atoms with Gasteiger partial charge >= 0.3 is 12.1 Å². The number of ether oxygens (including phenoxy) is 2. The van der Waals surface area contributed by atoms with Gasteiger partial charge in [0, 0.05) is 37.9 Å². The first-order valence-electron chi connectivity index (χ1n) is 9.96. The first-order chi connectivity index (χ1) is 13.3. The van der Waals surface area contributed by atoms with Crippen LogP contribution in [0.5, 0.6) is 0 Å². The van der Waals surface area contributed by atoms with Crippen molar-refractivity contribution in [3.8, 4) is 11.8 Å². The van der Waals surface area contributed by atoms with E-state index in [9.17, 15) is 9.59 Å². The summed E-state index contributed by atoms with van der Waals surface area (Å²) in [6.45, 7) is 11.0. The van der Waals surface area contributed by atoms with E-state index in [0.29, 0.717) is 31.7 Å². The van der Waals surface area contributed by atoms with Gasteiger partial charge in [0.15, 0.2) is 5.69 Å². The fourth-order valence-electron chi connectivity index (χ4n) is 3.03. The molecular weight excluding hydrogens is 358 g/mol. The lowest BCUT2D eigenvalue weighted by atomic mass is 10.1. The third-order valence-electron chi connectivity index (χ3n) is 4.20. The van der Waals surface area contributed by atoms with Crippen LogP contribution in [0.1, 0.15) is 75.6 Å². The maximum atomic E-state index is 12.6. The molecule has 0 unspecified atom stereocenters. The van der Waals surface area contributed by atoms with Crippen molar-refractivity contribution in [1.29, 1.82) is 0 Å². The number of hydrogen-bond donors (Lipinski definition) is 0. The number of unbranched alkanes of at least 4 members (excludes halogenated alkanes) is 1. The fraction of sp³-hybridized carbons (Fsp3) is 0.667. The minimum Gasteiger partial charge on any atom is -0.461 e. The standard InChI is InChI=1S/C21H31N3O4/c1-6-8-9-10-11-13-24-18(19(25)27-7-2)16-15-23(14-12-17(16)22-24)20(26)28-21(3,4)5/h6-7,10-15H2,1-5H3. The van der Waals surface area contributed by atoms with Crippen LogP contribution in [0.15, 0.2) is 0 Å². The van der Waals surface area contributed by atoms with Crippen molar-refractivity contribution < 1.29 is 19.1 Å². The summed E-state index contributed by atoms with van der Waals surface area (Å²) in [7, 11) is 0. The molecule has 0 bridgehead atoms. The predicted octanol–water partition coefficient (Wildman–Crippen LogP) is 3.55. The SMILES string of the molecule is CCC#CCCCn1nc2c(c1C(=O)OCC)CN(C(=O)OC(C)(C)C)CC2. The molecule has 0 atom stereocenters. The molecule has 0 aliphatic carbocycles. The second kappa shape index (κ2) is 9.63. The molecular formula is C21H31N3O4. The zero-order valence-corrected chi connectivity index (χ0v) is 17.6. The normalized spacial score (nSPS) is 13.4. The Morgan fingerprint density at radius 2 is 1.96 bits per heavy atom. The van der Waals surface area contributed by atoms with Gasteiger partial charge in [0.25, 0.3) is 0 Å². The second-order valence-corrected chi connectivity index (χ2v) is 7.68. The van der Waals surface area contributed by atoms with Gasteiger partial charge in [0.05, 0.1) is 18.8 Å². The number of carbonyl (C=O) groups is 2. The lowest BCUT2D eigenvalue weighted by molar-refractivity contribution is 0.0220. The minimum absolute atomic E-state index is 0.288. The summed E-state index contributed by atoms with van der Waals surface area (Å²) >= 11 is 0. The summed E-state index contributed by atoms with van der Waals surface area (Å²) in [5.74, 6) is 5.76. The summed E-state index contributed by atoms with van der Waals surface area (Å²) in [5.41, 5.74) is 1.48.